The van der Waals surface area contributed by atoms with Crippen LogP contribution >= 0.6 is 0 Å². The minimum atomic E-state index is -0.133. The van der Waals surface area contributed by atoms with E-state index in [1.165, 1.54) is 112 Å². The Kier molecular flexibility index (Phi) is 9.61. The highest BCUT2D eigenvalue weighted by atomic mass is 15.2. The van der Waals surface area contributed by atoms with Crippen LogP contribution in [0.1, 0.15) is 149 Å². The molecule has 2 aliphatic heterocycles. The molecule has 2 aliphatic carbocycles. The van der Waals surface area contributed by atoms with Crippen molar-refractivity contribution in [2.45, 2.75) is 149 Å². The van der Waals surface area contributed by atoms with Crippen molar-refractivity contribution in [3.63, 3.8) is 0 Å². The van der Waals surface area contributed by atoms with Crippen molar-refractivity contribution in [1.29, 1.82) is 0 Å². The number of anilines is 6. The van der Waals surface area contributed by atoms with Crippen molar-refractivity contribution in [2.24, 2.45) is 0 Å². The van der Waals surface area contributed by atoms with Gasteiger partial charge in [0.15, 0.2) is 0 Å². The summed E-state index contributed by atoms with van der Waals surface area (Å²) < 4.78 is 0. The van der Waals surface area contributed by atoms with Gasteiger partial charge in [0.05, 0.1) is 5.69 Å². The van der Waals surface area contributed by atoms with Crippen molar-refractivity contribution in [3.8, 4) is 22.3 Å². The third kappa shape index (κ3) is 6.80. The molecule has 11 rings (SSSR count). The van der Waals surface area contributed by atoms with Gasteiger partial charge in [0, 0.05) is 34.0 Å². The van der Waals surface area contributed by atoms with Gasteiger partial charge in [-0.3, -0.25) is 0 Å². The number of nitrogens with zero attached hydrogens (tertiary/aromatic N) is 2. The van der Waals surface area contributed by atoms with E-state index in [0.29, 0.717) is 0 Å². The summed E-state index contributed by atoms with van der Waals surface area (Å²) in [5, 5.41) is 0. The number of fused-ring (bicyclic) bond motifs is 6. The molecular weight excluding hydrogens is 820 g/mol. The second-order valence-electron chi connectivity index (χ2n) is 25.8. The van der Waals surface area contributed by atoms with Gasteiger partial charge in [0.25, 0.3) is 6.71 Å². The van der Waals surface area contributed by atoms with E-state index in [1.807, 2.05) is 0 Å². The molecule has 7 aromatic carbocycles. The van der Waals surface area contributed by atoms with Crippen LogP contribution in [0, 0.1) is 6.92 Å². The summed E-state index contributed by atoms with van der Waals surface area (Å²) in [5.74, 6) is 0. The summed E-state index contributed by atoms with van der Waals surface area (Å²) in [4.78, 5) is 5.41. The van der Waals surface area contributed by atoms with Gasteiger partial charge < -0.3 is 9.80 Å². The van der Waals surface area contributed by atoms with Crippen LogP contribution < -0.4 is 26.2 Å². The molecule has 0 saturated heterocycles. The summed E-state index contributed by atoms with van der Waals surface area (Å²) >= 11 is 0. The summed E-state index contributed by atoms with van der Waals surface area (Å²) in [5.41, 5.74) is 26.8. The second kappa shape index (κ2) is 14.6. The summed E-state index contributed by atoms with van der Waals surface area (Å²) in [6.07, 6.45) is 2.24. The fourth-order valence-corrected chi connectivity index (χ4v) is 13.6. The van der Waals surface area contributed by atoms with Gasteiger partial charge in [-0.05, 0) is 167 Å². The third-order valence-electron chi connectivity index (χ3n) is 16.6. The van der Waals surface area contributed by atoms with Gasteiger partial charge in [-0.2, -0.15) is 0 Å². The molecule has 2 heterocycles. The van der Waals surface area contributed by atoms with Crippen molar-refractivity contribution in [2.75, 3.05) is 9.80 Å². The van der Waals surface area contributed by atoms with Crippen LogP contribution in [0.5, 0.6) is 0 Å². The maximum atomic E-state index is 2.71. The van der Waals surface area contributed by atoms with Gasteiger partial charge in [-0.1, -0.05) is 188 Å². The number of hydrogen-bond donors (Lipinski definition) is 0. The lowest BCUT2D eigenvalue weighted by atomic mass is 9.33. The van der Waals surface area contributed by atoms with Gasteiger partial charge in [-0.25, -0.2) is 0 Å². The lowest BCUT2D eigenvalue weighted by Gasteiger charge is -2.46. The summed E-state index contributed by atoms with van der Waals surface area (Å²) in [6.45, 7) is 36.3. The Morgan fingerprint density at radius 3 is 1.44 bits per heavy atom. The first-order valence-corrected chi connectivity index (χ1v) is 25.4. The Labute approximate surface area is 408 Å². The topological polar surface area (TPSA) is 6.48 Å². The van der Waals surface area contributed by atoms with Crippen LogP contribution in [0.2, 0.25) is 0 Å². The molecule has 0 aromatic heterocycles. The van der Waals surface area contributed by atoms with Gasteiger partial charge >= 0.3 is 0 Å². The molecule has 0 fully saturated rings. The average molecular weight is 891 g/mol. The van der Waals surface area contributed by atoms with Crippen molar-refractivity contribution < 1.29 is 0 Å². The molecule has 3 heteroatoms. The Morgan fingerprint density at radius 1 is 0.397 bits per heavy atom. The molecule has 0 atom stereocenters. The molecule has 0 saturated carbocycles. The van der Waals surface area contributed by atoms with Gasteiger partial charge in [0.1, 0.15) is 0 Å². The standard InChI is InChI=1S/C65H71BN2/c1-40-30-47-49(64(12,13)38-62(47,8)9)36-54(40)68-55-31-43(41-22-18-16-19-23-41)26-28-51(55)66-52-35-48-50(65(14,15)39-63(48,10)11)37-56(52)67(57-33-45(61(5,6)7)34-58(68)59(57)66)53-29-27-44(60(2,3)4)32-46(53)42-24-20-17-21-25-42/h16-37H,38-39H2,1-15H3. The molecule has 4 aliphatic rings. The van der Waals surface area contributed by atoms with E-state index in [1.54, 1.807) is 0 Å². The maximum absolute atomic E-state index is 2.71. The molecule has 0 bridgehead atoms. The molecule has 0 amide bonds. The second-order valence-corrected chi connectivity index (χ2v) is 25.8. The van der Waals surface area contributed by atoms with Gasteiger partial charge in [-0.15, -0.1) is 0 Å². The quantitative estimate of drug-likeness (QED) is 0.162. The normalized spacial score (nSPS) is 17.9. The zero-order valence-electron chi connectivity index (χ0n) is 43.6. The van der Waals surface area contributed by atoms with E-state index in [0.717, 1.165) is 12.8 Å². The largest absolute Gasteiger partial charge is 0.311 e. The molecule has 0 radical (unpaired) electrons. The fourth-order valence-electron chi connectivity index (χ4n) is 13.6. The van der Waals surface area contributed by atoms with Crippen LogP contribution in [0.25, 0.3) is 22.3 Å². The van der Waals surface area contributed by atoms with Crippen LogP contribution in [0.15, 0.2) is 133 Å². The van der Waals surface area contributed by atoms with E-state index in [-0.39, 0.29) is 39.2 Å². The Morgan fingerprint density at radius 2 is 0.882 bits per heavy atom. The van der Waals surface area contributed by atoms with Crippen molar-refractivity contribution >= 4 is 57.2 Å². The molecule has 68 heavy (non-hydrogen) atoms. The monoisotopic (exact) mass is 891 g/mol. The molecule has 0 unspecified atom stereocenters. The fraction of sp³-hybridized carbons (Fsp3) is 0.354. The molecule has 0 spiro atoms. The highest BCUT2D eigenvalue weighted by molar-refractivity contribution is 7.00. The van der Waals surface area contributed by atoms with Crippen LogP contribution in [0.4, 0.5) is 34.1 Å². The minimum Gasteiger partial charge on any atom is -0.311 e. The van der Waals surface area contributed by atoms with E-state index in [4.69, 9.17) is 0 Å². The first-order chi connectivity index (χ1) is 31.9. The van der Waals surface area contributed by atoms with Crippen LogP contribution in [-0.2, 0) is 32.5 Å². The summed E-state index contributed by atoms with van der Waals surface area (Å²) in [6, 6.07) is 52.5. The Hall–Kier alpha value is -5.80. The van der Waals surface area contributed by atoms with E-state index in [2.05, 4.69) is 247 Å². The minimum absolute atomic E-state index is 0.0142. The zero-order chi connectivity index (χ0) is 48.2. The SMILES string of the molecule is Cc1cc2c(cc1N1c3cc(-c4ccccc4)ccc3B3c4cc5c(cc4N(c4ccc(C(C)(C)C)cc4-c4ccccc4)c4cc(C(C)(C)C)cc1c43)C(C)(C)CC5(C)C)C(C)(C)CC2(C)C. The third-order valence-corrected chi connectivity index (χ3v) is 16.6. The molecule has 2 nitrogen and oxygen atoms in total. The number of benzene rings is 7. The predicted molar refractivity (Wildman–Crippen MR) is 295 cm³/mol. The number of rotatable bonds is 4. The molecule has 0 N–H and O–H groups in total. The highest BCUT2D eigenvalue weighted by Crippen LogP contribution is 2.56. The number of hydrogen-bond acceptors (Lipinski definition) is 2. The number of aryl methyl sites for hydroxylation is 1. The van der Waals surface area contributed by atoms with Crippen molar-refractivity contribution in [1.82, 2.24) is 0 Å². The maximum Gasteiger partial charge on any atom is 0.252 e. The van der Waals surface area contributed by atoms with Crippen molar-refractivity contribution in [3.05, 3.63) is 172 Å². The lowest BCUT2D eigenvalue weighted by molar-refractivity contribution is 0.402. The van der Waals surface area contributed by atoms with E-state index >= 15 is 0 Å². The van der Waals surface area contributed by atoms with E-state index in [9.17, 15) is 0 Å². The van der Waals surface area contributed by atoms with E-state index < -0.39 is 0 Å². The molecule has 7 aromatic rings. The first-order valence-electron chi connectivity index (χ1n) is 25.4. The average Bonchev–Trinajstić information content (AvgIpc) is 3.57. The highest BCUT2D eigenvalue weighted by Gasteiger charge is 2.50. The Bertz CT molecular complexity index is 3210. The van der Waals surface area contributed by atoms with Crippen LogP contribution in [-0.4, -0.2) is 6.71 Å². The molecular formula is C65H71BN2. The smallest absolute Gasteiger partial charge is 0.252 e. The lowest BCUT2D eigenvalue weighted by Crippen LogP contribution is -2.61. The van der Waals surface area contributed by atoms with Gasteiger partial charge in [0.2, 0.25) is 0 Å². The molecule has 344 valence electrons. The Balaban J connectivity index is 1.30. The predicted octanol–water partition coefficient (Wildman–Crippen LogP) is 15.9. The zero-order valence-corrected chi connectivity index (χ0v) is 43.6. The van der Waals surface area contributed by atoms with Crippen LogP contribution in [0.3, 0.4) is 0 Å². The summed E-state index contributed by atoms with van der Waals surface area (Å²) in [7, 11) is 0. The first kappa shape index (κ1) is 44.7.